The summed E-state index contributed by atoms with van der Waals surface area (Å²) in [4.78, 5) is 24.9. The fourth-order valence-electron chi connectivity index (χ4n) is 5.62. The van der Waals surface area contributed by atoms with Crippen molar-refractivity contribution in [3.8, 4) is 28.5 Å². The van der Waals surface area contributed by atoms with Gasteiger partial charge in [-0.1, -0.05) is 66.9 Å². The Kier molecular flexibility index (Phi) is 7.47. The first-order valence-corrected chi connectivity index (χ1v) is 14.0. The Labute approximate surface area is 238 Å². The molecule has 1 aliphatic carbocycles. The first kappa shape index (κ1) is 26.0. The molecule has 6 rings (SSSR count). The zero-order chi connectivity index (χ0) is 27.5. The second-order valence-electron chi connectivity index (χ2n) is 10.2. The molecule has 40 heavy (non-hydrogen) atoms. The molecule has 0 radical (unpaired) electrons. The van der Waals surface area contributed by atoms with Crippen LogP contribution in [0.5, 0.6) is 5.75 Å². The molecule has 1 amide bonds. The minimum absolute atomic E-state index is 0.0103. The number of carbonyl (C=O) groups excluding carboxylic acids is 1. The van der Waals surface area contributed by atoms with E-state index in [0.29, 0.717) is 36.7 Å². The molecule has 0 atom stereocenters. The number of benzene rings is 3. The molecule has 7 nitrogen and oxygen atoms in total. The van der Waals surface area contributed by atoms with Crippen LogP contribution in [0, 0.1) is 0 Å². The van der Waals surface area contributed by atoms with E-state index in [-0.39, 0.29) is 22.7 Å². The van der Waals surface area contributed by atoms with Crippen molar-refractivity contribution in [1.29, 1.82) is 0 Å². The van der Waals surface area contributed by atoms with Gasteiger partial charge in [0, 0.05) is 36.1 Å². The van der Waals surface area contributed by atoms with E-state index in [1.807, 2.05) is 35.0 Å². The molecule has 0 unspecified atom stereocenters. The number of amides is 1. The molecule has 8 heteroatoms. The highest BCUT2D eigenvalue weighted by atomic mass is 35.5. The maximum atomic E-state index is 13.8. The van der Waals surface area contributed by atoms with Gasteiger partial charge < -0.3 is 10.0 Å². The molecule has 0 saturated heterocycles. The van der Waals surface area contributed by atoms with Crippen molar-refractivity contribution in [3.05, 3.63) is 95.8 Å². The molecule has 0 spiro atoms. The molecule has 2 aromatic heterocycles. The number of pyridine rings is 1. The number of carbonyl (C=O) groups is 1. The molecular weight excluding hydrogens is 522 g/mol. The van der Waals surface area contributed by atoms with Crippen molar-refractivity contribution in [2.45, 2.75) is 44.7 Å². The van der Waals surface area contributed by atoms with Crippen LogP contribution in [-0.2, 0) is 17.8 Å². The molecule has 202 valence electrons. The standard InChI is InChI=1S/C32H30ClN5O2/c33-28-20-25(12-13-29(28)39)31-35-32(23-14-16-34-17-15-23)38(36-31)19-18-37(26-9-2-3-10-26)30(40)21-24-8-5-7-22-6-1-4-11-27(22)24/h1,4-8,11-17,20,26,39H,2-3,9-10,18-19,21H2. The minimum Gasteiger partial charge on any atom is -0.506 e. The quantitative estimate of drug-likeness (QED) is 0.237. The minimum atomic E-state index is 0.0103. The topological polar surface area (TPSA) is 84.1 Å². The lowest BCUT2D eigenvalue weighted by molar-refractivity contribution is -0.132. The van der Waals surface area contributed by atoms with Crippen LogP contribution in [0.4, 0.5) is 0 Å². The van der Waals surface area contributed by atoms with Crippen LogP contribution < -0.4 is 0 Å². The predicted octanol–water partition coefficient (Wildman–Crippen LogP) is 6.53. The molecule has 3 aromatic carbocycles. The summed E-state index contributed by atoms with van der Waals surface area (Å²) in [5, 5.41) is 17.2. The fourth-order valence-corrected chi connectivity index (χ4v) is 5.80. The number of fused-ring (bicyclic) bond motifs is 1. The number of phenols is 1. The van der Waals surface area contributed by atoms with Crippen LogP contribution in [0.15, 0.2) is 85.2 Å². The highest BCUT2D eigenvalue weighted by Crippen LogP contribution is 2.30. The summed E-state index contributed by atoms with van der Waals surface area (Å²) in [5.41, 5.74) is 2.64. The van der Waals surface area contributed by atoms with E-state index >= 15 is 0 Å². The van der Waals surface area contributed by atoms with Gasteiger partial charge in [0.15, 0.2) is 11.6 Å². The third-order valence-electron chi connectivity index (χ3n) is 7.68. The Hall–Kier alpha value is -4.23. The number of hydrogen-bond donors (Lipinski definition) is 1. The lowest BCUT2D eigenvalue weighted by atomic mass is 10.0. The van der Waals surface area contributed by atoms with Crippen LogP contribution in [0.25, 0.3) is 33.5 Å². The van der Waals surface area contributed by atoms with Crippen LogP contribution in [0.1, 0.15) is 31.2 Å². The van der Waals surface area contributed by atoms with Gasteiger partial charge in [0.25, 0.3) is 0 Å². The summed E-state index contributed by atoms with van der Waals surface area (Å²) in [6.45, 7) is 1.03. The highest BCUT2D eigenvalue weighted by molar-refractivity contribution is 6.32. The van der Waals surface area contributed by atoms with Gasteiger partial charge in [0.1, 0.15) is 5.75 Å². The Bertz CT molecular complexity index is 1640. The van der Waals surface area contributed by atoms with E-state index in [0.717, 1.165) is 47.6 Å². The van der Waals surface area contributed by atoms with Crippen molar-refractivity contribution >= 4 is 28.3 Å². The third kappa shape index (κ3) is 5.42. The van der Waals surface area contributed by atoms with Crippen molar-refractivity contribution in [2.75, 3.05) is 6.54 Å². The Balaban J connectivity index is 1.29. The van der Waals surface area contributed by atoms with Crippen LogP contribution >= 0.6 is 11.6 Å². The Morgan fingerprint density at radius 3 is 2.55 bits per heavy atom. The molecule has 1 fully saturated rings. The Morgan fingerprint density at radius 1 is 0.975 bits per heavy atom. The zero-order valence-electron chi connectivity index (χ0n) is 22.1. The summed E-state index contributed by atoms with van der Waals surface area (Å²) in [5.74, 6) is 1.34. The molecule has 0 bridgehead atoms. The van der Waals surface area contributed by atoms with E-state index < -0.39 is 0 Å². The molecule has 1 saturated carbocycles. The first-order chi connectivity index (χ1) is 19.6. The molecular formula is C32H30ClN5O2. The summed E-state index contributed by atoms with van der Waals surface area (Å²) < 4.78 is 1.86. The molecule has 1 N–H and O–H groups in total. The van der Waals surface area contributed by atoms with Gasteiger partial charge in [-0.05, 0) is 59.5 Å². The summed E-state index contributed by atoms with van der Waals surface area (Å²) in [7, 11) is 0. The lowest BCUT2D eigenvalue weighted by Gasteiger charge is -2.29. The predicted molar refractivity (Wildman–Crippen MR) is 157 cm³/mol. The van der Waals surface area contributed by atoms with Gasteiger partial charge in [0.05, 0.1) is 18.0 Å². The maximum Gasteiger partial charge on any atom is 0.227 e. The monoisotopic (exact) mass is 551 g/mol. The van der Waals surface area contributed by atoms with Crippen molar-refractivity contribution in [1.82, 2.24) is 24.6 Å². The van der Waals surface area contributed by atoms with Crippen molar-refractivity contribution in [2.24, 2.45) is 0 Å². The number of halogens is 1. The maximum absolute atomic E-state index is 13.8. The zero-order valence-corrected chi connectivity index (χ0v) is 22.8. The van der Waals surface area contributed by atoms with Gasteiger partial charge in [-0.15, -0.1) is 0 Å². The summed E-state index contributed by atoms with van der Waals surface area (Å²) in [6.07, 6.45) is 8.14. The summed E-state index contributed by atoms with van der Waals surface area (Å²) in [6, 6.07) is 23.4. The van der Waals surface area contributed by atoms with Crippen LogP contribution in [0.3, 0.4) is 0 Å². The van der Waals surface area contributed by atoms with Gasteiger partial charge in [-0.2, -0.15) is 5.10 Å². The van der Waals surface area contributed by atoms with E-state index in [9.17, 15) is 9.90 Å². The average molecular weight is 552 g/mol. The Morgan fingerprint density at radius 2 is 1.75 bits per heavy atom. The molecule has 0 aliphatic heterocycles. The third-order valence-corrected chi connectivity index (χ3v) is 7.98. The van der Waals surface area contributed by atoms with E-state index in [4.69, 9.17) is 21.7 Å². The lowest BCUT2D eigenvalue weighted by Crippen LogP contribution is -2.42. The number of phenolic OH excluding ortho intramolecular Hbond substituents is 1. The fraction of sp³-hybridized carbons (Fsp3) is 0.250. The van der Waals surface area contributed by atoms with E-state index in [1.165, 1.54) is 6.07 Å². The van der Waals surface area contributed by atoms with Crippen LogP contribution in [0.2, 0.25) is 5.02 Å². The van der Waals surface area contributed by atoms with Crippen molar-refractivity contribution in [3.63, 3.8) is 0 Å². The van der Waals surface area contributed by atoms with Crippen LogP contribution in [-0.4, -0.2) is 48.2 Å². The highest BCUT2D eigenvalue weighted by Gasteiger charge is 2.27. The van der Waals surface area contributed by atoms with E-state index in [1.54, 1.807) is 24.5 Å². The van der Waals surface area contributed by atoms with E-state index in [2.05, 4.69) is 34.1 Å². The average Bonchev–Trinajstić information content (AvgIpc) is 3.66. The second kappa shape index (κ2) is 11.5. The number of aromatic nitrogens is 4. The SMILES string of the molecule is O=C(Cc1cccc2ccccc12)N(CCn1nc(-c2ccc(O)c(Cl)c2)nc1-c1ccncc1)C1CCCC1. The van der Waals surface area contributed by atoms with Gasteiger partial charge in [-0.3, -0.25) is 9.78 Å². The molecule has 2 heterocycles. The first-order valence-electron chi connectivity index (χ1n) is 13.7. The second-order valence-corrected chi connectivity index (χ2v) is 10.6. The number of aromatic hydroxyl groups is 1. The van der Waals surface area contributed by atoms with Gasteiger partial charge >= 0.3 is 0 Å². The summed E-state index contributed by atoms with van der Waals surface area (Å²) >= 11 is 6.18. The number of nitrogens with zero attached hydrogens (tertiary/aromatic N) is 5. The molecule has 1 aliphatic rings. The van der Waals surface area contributed by atoms with Gasteiger partial charge in [-0.25, -0.2) is 9.67 Å². The normalized spacial score (nSPS) is 13.6. The van der Waals surface area contributed by atoms with Gasteiger partial charge in [0.2, 0.25) is 5.91 Å². The number of hydrogen-bond acceptors (Lipinski definition) is 5. The molecule has 5 aromatic rings. The smallest absolute Gasteiger partial charge is 0.227 e. The largest absolute Gasteiger partial charge is 0.506 e. The number of rotatable bonds is 8. The van der Waals surface area contributed by atoms with Crippen molar-refractivity contribution < 1.29 is 9.90 Å².